The molecule has 2 amide bonds. The van der Waals surface area contributed by atoms with Crippen molar-refractivity contribution in [2.24, 2.45) is 5.92 Å². The van der Waals surface area contributed by atoms with Gasteiger partial charge in [0, 0.05) is 30.6 Å². The third-order valence-corrected chi connectivity index (χ3v) is 6.59. The Kier molecular flexibility index (Phi) is 6.76. The highest BCUT2D eigenvalue weighted by Gasteiger charge is 2.32. The Labute approximate surface area is 197 Å². The van der Waals surface area contributed by atoms with Crippen LogP contribution in [0.3, 0.4) is 0 Å². The number of benzene rings is 2. The Balaban J connectivity index is 1.47. The molecule has 7 heteroatoms. The van der Waals surface area contributed by atoms with E-state index in [1.165, 1.54) is 11.1 Å². The summed E-state index contributed by atoms with van der Waals surface area (Å²) in [5.74, 6) is 0.236. The van der Waals surface area contributed by atoms with Crippen molar-refractivity contribution < 1.29 is 9.59 Å². The fourth-order valence-electron chi connectivity index (χ4n) is 4.00. The lowest BCUT2D eigenvalue weighted by Crippen LogP contribution is -2.40. The highest BCUT2D eigenvalue weighted by molar-refractivity contribution is 7.98. The van der Waals surface area contributed by atoms with Gasteiger partial charge in [-0.3, -0.25) is 14.5 Å². The number of rotatable bonds is 6. The number of hydrogen-bond acceptors (Lipinski definition) is 5. The molecule has 0 spiro atoms. The maximum Gasteiger partial charge on any atom is 0.253 e. The van der Waals surface area contributed by atoms with Crippen LogP contribution in [0, 0.1) is 17.2 Å². The standard InChI is InChI=1S/C26H24N4O2S/c1-30-24-20(12-21(26(30)32)11-17-7-9-23(33-2)10-8-17)13-22(16-28-24)25(31)29-15-19-5-3-18(14-27)4-6-19/h3-10,13,16,21H,11-12,15H2,1-2H3,(H,29,31). The fourth-order valence-corrected chi connectivity index (χ4v) is 4.41. The zero-order valence-electron chi connectivity index (χ0n) is 18.5. The monoisotopic (exact) mass is 456 g/mol. The number of aromatic nitrogens is 1. The van der Waals surface area contributed by atoms with Crippen LogP contribution in [-0.4, -0.2) is 30.1 Å². The van der Waals surface area contributed by atoms with Crippen molar-refractivity contribution in [2.45, 2.75) is 24.3 Å². The molecule has 0 aliphatic carbocycles. The molecule has 1 N–H and O–H groups in total. The predicted octanol–water partition coefficient (Wildman–Crippen LogP) is 3.98. The van der Waals surface area contributed by atoms with Crippen molar-refractivity contribution in [2.75, 3.05) is 18.2 Å². The van der Waals surface area contributed by atoms with Crippen LogP contribution in [0.2, 0.25) is 0 Å². The molecule has 0 radical (unpaired) electrons. The average Bonchev–Trinajstić information content (AvgIpc) is 2.86. The number of amides is 2. The molecule has 1 aliphatic rings. The molecule has 6 nitrogen and oxygen atoms in total. The number of nitriles is 1. The SMILES string of the molecule is CSc1ccc(CC2Cc3cc(C(=O)NCc4ccc(C#N)cc4)cnc3N(C)C2=O)cc1. The van der Waals surface area contributed by atoms with Gasteiger partial charge >= 0.3 is 0 Å². The predicted molar refractivity (Wildman–Crippen MR) is 129 cm³/mol. The van der Waals surface area contributed by atoms with E-state index in [0.29, 0.717) is 36.3 Å². The number of nitrogens with zero attached hydrogens (tertiary/aromatic N) is 3. The van der Waals surface area contributed by atoms with Crippen LogP contribution >= 0.6 is 11.8 Å². The van der Waals surface area contributed by atoms with Gasteiger partial charge in [0.15, 0.2) is 0 Å². The first-order valence-electron chi connectivity index (χ1n) is 10.6. The Hall–Kier alpha value is -3.63. The van der Waals surface area contributed by atoms with Gasteiger partial charge in [-0.25, -0.2) is 4.98 Å². The first kappa shape index (κ1) is 22.6. The molecule has 0 saturated carbocycles. The Bertz CT molecular complexity index is 1220. The van der Waals surface area contributed by atoms with Crippen molar-refractivity contribution in [3.8, 4) is 6.07 Å². The van der Waals surface area contributed by atoms with Crippen molar-refractivity contribution in [1.29, 1.82) is 5.26 Å². The molecule has 0 bridgehead atoms. The number of pyridine rings is 1. The van der Waals surface area contributed by atoms with Gasteiger partial charge in [-0.05, 0) is 66.1 Å². The summed E-state index contributed by atoms with van der Waals surface area (Å²) in [6, 6.07) is 19.3. The molecular weight excluding hydrogens is 432 g/mol. The number of carbonyl (C=O) groups excluding carboxylic acids is 2. The van der Waals surface area contributed by atoms with Gasteiger partial charge in [-0.2, -0.15) is 5.26 Å². The van der Waals surface area contributed by atoms with Crippen molar-refractivity contribution in [3.63, 3.8) is 0 Å². The summed E-state index contributed by atoms with van der Waals surface area (Å²) in [7, 11) is 1.74. The fraction of sp³-hybridized carbons (Fsp3) is 0.231. The average molecular weight is 457 g/mol. The smallest absolute Gasteiger partial charge is 0.253 e. The number of fused-ring (bicyclic) bond motifs is 1. The summed E-state index contributed by atoms with van der Waals surface area (Å²) < 4.78 is 0. The summed E-state index contributed by atoms with van der Waals surface area (Å²) >= 11 is 1.69. The minimum atomic E-state index is -0.224. The van der Waals surface area contributed by atoms with E-state index in [1.54, 1.807) is 35.8 Å². The molecule has 4 rings (SSSR count). The van der Waals surface area contributed by atoms with Gasteiger partial charge in [0.1, 0.15) is 5.82 Å². The number of hydrogen-bond donors (Lipinski definition) is 1. The molecule has 3 aromatic rings. The molecule has 1 aromatic heterocycles. The van der Waals surface area contributed by atoms with Gasteiger partial charge < -0.3 is 5.32 Å². The van der Waals surface area contributed by atoms with Crippen LogP contribution in [-0.2, 0) is 24.2 Å². The van der Waals surface area contributed by atoms with Crippen LogP contribution in [0.4, 0.5) is 5.82 Å². The van der Waals surface area contributed by atoms with E-state index in [4.69, 9.17) is 5.26 Å². The van der Waals surface area contributed by atoms with Crippen LogP contribution in [0.15, 0.2) is 65.7 Å². The van der Waals surface area contributed by atoms with Crippen molar-refractivity contribution in [1.82, 2.24) is 10.3 Å². The first-order chi connectivity index (χ1) is 16.0. The number of nitrogens with one attached hydrogen (secondary N) is 1. The Morgan fingerprint density at radius 1 is 1.18 bits per heavy atom. The molecule has 1 unspecified atom stereocenters. The number of thioether (sulfide) groups is 1. The Morgan fingerprint density at radius 3 is 2.55 bits per heavy atom. The Morgan fingerprint density at radius 2 is 1.88 bits per heavy atom. The van der Waals surface area contributed by atoms with Crippen LogP contribution < -0.4 is 10.2 Å². The van der Waals surface area contributed by atoms with E-state index in [1.807, 2.05) is 24.5 Å². The molecule has 33 heavy (non-hydrogen) atoms. The van der Waals surface area contributed by atoms with E-state index < -0.39 is 0 Å². The summed E-state index contributed by atoms with van der Waals surface area (Å²) in [4.78, 5) is 32.8. The maximum absolute atomic E-state index is 12.9. The van der Waals surface area contributed by atoms with Gasteiger partial charge in [0.25, 0.3) is 5.91 Å². The molecule has 1 aliphatic heterocycles. The van der Waals surface area contributed by atoms with Crippen LogP contribution in [0.25, 0.3) is 0 Å². The highest BCUT2D eigenvalue weighted by Crippen LogP contribution is 2.30. The lowest BCUT2D eigenvalue weighted by Gasteiger charge is -2.30. The van der Waals surface area contributed by atoms with E-state index in [-0.39, 0.29) is 17.7 Å². The third kappa shape index (κ3) is 5.07. The van der Waals surface area contributed by atoms with Crippen molar-refractivity contribution in [3.05, 3.63) is 88.6 Å². The second-order valence-electron chi connectivity index (χ2n) is 8.05. The number of carbonyl (C=O) groups is 2. The molecule has 1 atom stereocenters. The topological polar surface area (TPSA) is 86.1 Å². The molecule has 0 saturated heterocycles. The van der Waals surface area contributed by atoms with Gasteiger partial charge in [-0.15, -0.1) is 11.8 Å². The van der Waals surface area contributed by atoms with E-state index in [2.05, 4.69) is 40.6 Å². The van der Waals surface area contributed by atoms with Gasteiger partial charge in [-0.1, -0.05) is 24.3 Å². The third-order valence-electron chi connectivity index (χ3n) is 5.85. The molecule has 2 aromatic carbocycles. The molecular formula is C26H24N4O2S. The summed E-state index contributed by atoms with van der Waals surface area (Å²) in [6.45, 7) is 0.356. The minimum Gasteiger partial charge on any atom is -0.348 e. The van der Waals surface area contributed by atoms with E-state index in [9.17, 15) is 9.59 Å². The first-order valence-corrected chi connectivity index (χ1v) is 11.9. The lowest BCUT2D eigenvalue weighted by molar-refractivity contribution is -0.122. The van der Waals surface area contributed by atoms with Crippen LogP contribution in [0.1, 0.15) is 32.6 Å². The largest absolute Gasteiger partial charge is 0.348 e. The normalized spacial score (nSPS) is 15.0. The second kappa shape index (κ2) is 9.88. The second-order valence-corrected chi connectivity index (χ2v) is 8.93. The van der Waals surface area contributed by atoms with Crippen molar-refractivity contribution >= 4 is 29.4 Å². The zero-order chi connectivity index (χ0) is 23.4. The lowest BCUT2D eigenvalue weighted by atomic mass is 9.88. The highest BCUT2D eigenvalue weighted by atomic mass is 32.2. The van der Waals surface area contributed by atoms with E-state index >= 15 is 0 Å². The summed E-state index contributed by atoms with van der Waals surface area (Å²) in [6.07, 6.45) is 4.74. The summed E-state index contributed by atoms with van der Waals surface area (Å²) in [5, 5.41) is 11.8. The number of anilines is 1. The molecule has 2 heterocycles. The van der Waals surface area contributed by atoms with Gasteiger partial charge in [0.2, 0.25) is 5.91 Å². The maximum atomic E-state index is 12.9. The molecule has 0 fully saturated rings. The van der Waals surface area contributed by atoms with Crippen LogP contribution in [0.5, 0.6) is 0 Å². The quantitative estimate of drug-likeness (QED) is 0.567. The van der Waals surface area contributed by atoms with E-state index in [0.717, 1.165) is 16.7 Å². The zero-order valence-corrected chi connectivity index (χ0v) is 19.4. The minimum absolute atomic E-state index is 0.0435. The van der Waals surface area contributed by atoms with Gasteiger partial charge in [0.05, 0.1) is 17.2 Å². The molecule has 166 valence electrons. The summed E-state index contributed by atoms with van der Waals surface area (Å²) in [5.41, 5.74) is 3.97.